The fourth-order valence-electron chi connectivity index (χ4n) is 3.81. The highest BCUT2D eigenvalue weighted by Crippen LogP contribution is 2.29. The molecule has 2 fully saturated rings. The van der Waals surface area contributed by atoms with Crippen molar-refractivity contribution in [3.05, 3.63) is 30.2 Å². The summed E-state index contributed by atoms with van der Waals surface area (Å²) in [6.07, 6.45) is 7.47. The number of fused-ring (bicyclic) bond motifs is 2. The monoisotopic (exact) mass is 299 g/mol. The fourth-order valence-corrected chi connectivity index (χ4v) is 3.81. The second kappa shape index (κ2) is 5.68. The van der Waals surface area contributed by atoms with Crippen LogP contribution in [0.5, 0.6) is 0 Å². The molecule has 0 radical (unpaired) electrons. The Morgan fingerprint density at radius 2 is 2.36 bits per heavy atom. The Morgan fingerprint density at radius 1 is 1.41 bits per heavy atom. The van der Waals surface area contributed by atoms with Gasteiger partial charge < -0.3 is 10.2 Å². The number of aryl methyl sites for hydroxylation is 1. The predicted molar refractivity (Wildman–Crippen MR) is 82.4 cm³/mol. The van der Waals surface area contributed by atoms with Crippen molar-refractivity contribution in [3.8, 4) is 0 Å². The van der Waals surface area contributed by atoms with Gasteiger partial charge in [0.25, 0.3) is 0 Å². The molecule has 22 heavy (non-hydrogen) atoms. The number of piperazine rings is 1. The van der Waals surface area contributed by atoms with Crippen LogP contribution in [0.1, 0.15) is 24.8 Å². The van der Waals surface area contributed by atoms with Crippen LogP contribution in [0.4, 0.5) is 0 Å². The van der Waals surface area contributed by atoms with Gasteiger partial charge in [-0.3, -0.25) is 4.79 Å². The maximum Gasteiger partial charge on any atom is 0.226 e. The first-order valence-corrected chi connectivity index (χ1v) is 8.11. The molecule has 0 saturated carbocycles. The maximum atomic E-state index is 12.4. The highest BCUT2D eigenvalue weighted by molar-refractivity contribution is 5.81. The van der Waals surface area contributed by atoms with Crippen LogP contribution >= 0.6 is 0 Å². The molecule has 2 aliphatic rings. The maximum absolute atomic E-state index is 12.4. The Bertz CT molecular complexity index is 682. The molecule has 1 N–H and O–H groups in total. The zero-order valence-corrected chi connectivity index (χ0v) is 12.6. The Labute approximate surface area is 129 Å². The van der Waals surface area contributed by atoms with Crippen molar-refractivity contribution >= 4 is 11.6 Å². The van der Waals surface area contributed by atoms with Crippen molar-refractivity contribution in [3.63, 3.8) is 0 Å². The molecule has 0 unspecified atom stereocenters. The van der Waals surface area contributed by atoms with E-state index < -0.39 is 0 Å². The van der Waals surface area contributed by atoms with E-state index in [2.05, 4.69) is 26.4 Å². The summed E-state index contributed by atoms with van der Waals surface area (Å²) in [5, 5.41) is 7.55. The van der Waals surface area contributed by atoms with Crippen molar-refractivity contribution < 1.29 is 4.79 Å². The van der Waals surface area contributed by atoms with Crippen molar-refractivity contribution in [2.24, 2.45) is 5.92 Å². The van der Waals surface area contributed by atoms with Crippen molar-refractivity contribution in [2.75, 3.05) is 19.6 Å². The molecule has 6 heteroatoms. The predicted octanol–water partition coefficient (Wildman–Crippen LogP) is 0.872. The lowest BCUT2D eigenvalue weighted by Gasteiger charge is -2.30. The molecule has 4 heterocycles. The molecule has 0 aliphatic carbocycles. The van der Waals surface area contributed by atoms with Gasteiger partial charge in [0.05, 0.1) is 0 Å². The Kier molecular flexibility index (Phi) is 3.54. The van der Waals surface area contributed by atoms with Crippen molar-refractivity contribution in [1.29, 1.82) is 0 Å². The van der Waals surface area contributed by atoms with Crippen LogP contribution < -0.4 is 5.32 Å². The molecule has 0 bridgehead atoms. The fraction of sp³-hybridized carbons (Fsp3) is 0.562. The largest absolute Gasteiger partial charge is 0.337 e. The third-order valence-corrected chi connectivity index (χ3v) is 4.92. The van der Waals surface area contributed by atoms with Gasteiger partial charge >= 0.3 is 0 Å². The number of carbonyl (C=O) groups excluding carboxylic acids is 1. The van der Waals surface area contributed by atoms with Crippen LogP contribution in [-0.4, -0.2) is 51.1 Å². The number of carbonyl (C=O) groups is 1. The molecular formula is C16H21N5O. The van der Waals surface area contributed by atoms with E-state index in [1.807, 2.05) is 16.8 Å². The Balaban J connectivity index is 1.37. The van der Waals surface area contributed by atoms with E-state index in [1.165, 1.54) is 5.56 Å². The number of pyridine rings is 1. The zero-order valence-electron chi connectivity index (χ0n) is 12.6. The van der Waals surface area contributed by atoms with E-state index in [-0.39, 0.29) is 5.92 Å². The minimum absolute atomic E-state index is 0.211. The zero-order chi connectivity index (χ0) is 14.9. The molecule has 4 rings (SSSR count). The van der Waals surface area contributed by atoms with E-state index in [0.29, 0.717) is 11.9 Å². The molecule has 2 aromatic rings. The van der Waals surface area contributed by atoms with Gasteiger partial charge in [0.2, 0.25) is 5.91 Å². The van der Waals surface area contributed by atoms with E-state index in [0.717, 1.165) is 51.0 Å². The first kappa shape index (κ1) is 13.7. The number of nitrogens with one attached hydrogen (secondary N) is 1. The second-order valence-electron chi connectivity index (χ2n) is 6.28. The summed E-state index contributed by atoms with van der Waals surface area (Å²) in [4.78, 5) is 18.8. The summed E-state index contributed by atoms with van der Waals surface area (Å²) in [6.45, 7) is 2.77. The quantitative estimate of drug-likeness (QED) is 0.910. The standard InChI is InChI=1S/C16H21N5O/c22-16-13(9-14-10-17-6-8-20(14)16)4-1-3-12-5-2-7-21-15(12)18-11-19-21/h2,5,7,11,13-14,17H,1,3-4,6,8-10H2/t13-,14-/m0/s1. The Hall–Kier alpha value is -1.95. The van der Waals surface area contributed by atoms with E-state index >= 15 is 0 Å². The van der Waals surface area contributed by atoms with Crippen LogP contribution in [0, 0.1) is 5.92 Å². The number of nitrogens with zero attached hydrogens (tertiary/aromatic N) is 4. The molecule has 116 valence electrons. The lowest BCUT2D eigenvalue weighted by atomic mass is 9.97. The van der Waals surface area contributed by atoms with Gasteiger partial charge in [-0.2, -0.15) is 5.10 Å². The van der Waals surface area contributed by atoms with E-state index in [9.17, 15) is 4.79 Å². The number of amides is 1. The number of aromatic nitrogens is 3. The molecular weight excluding hydrogens is 278 g/mol. The summed E-state index contributed by atoms with van der Waals surface area (Å²) in [5.41, 5.74) is 2.15. The van der Waals surface area contributed by atoms with Gasteiger partial charge in [-0.15, -0.1) is 0 Å². The third kappa shape index (κ3) is 2.37. The summed E-state index contributed by atoms with van der Waals surface area (Å²) < 4.78 is 1.81. The van der Waals surface area contributed by atoms with E-state index in [4.69, 9.17) is 0 Å². The molecule has 2 aromatic heterocycles. The topological polar surface area (TPSA) is 62.5 Å². The molecule has 6 nitrogen and oxygen atoms in total. The lowest BCUT2D eigenvalue weighted by molar-refractivity contribution is -0.132. The molecule has 2 saturated heterocycles. The normalized spacial score (nSPS) is 24.9. The van der Waals surface area contributed by atoms with Crippen LogP contribution in [0.2, 0.25) is 0 Å². The van der Waals surface area contributed by atoms with E-state index in [1.54, 1.807) is 6.33 Å². The summed E-state index contributed by atoms with van der Waals surface area (Å²) in [7, 11) is 0. The summed E-state index contributed by atoms with van der Waals surface area (Å²) in [5.74, 6) is 0.578. The van der Waals surface area contributed by atoms with Gasteiger partial charge in [-0.25, -0.2) is 9.50 Å². The average Bonchev–Trinajstić information content (AvgIpc) is 3.14. The highest BCUT2D eigenvalue weighted by Gasteiger charge is 2.39. The minimum atomic E-state index is 0.211. The smallest absolute Gasteiger partial charge is 0.226 e. The van der Waals surface area contributed by atoms with Gasteiger partial charge in [0.1, 0.15) is 6.33 Å². The first-order valence-electron chi connectivity index (χ1n) is 8.11. The molecule has 2 atom stereocenters. The second-order valence-corrected chi connectivity index (χ2v) is 6.28. The van der Waals surface area contributed by atoms with Gasteiger partial charge in [-0.05, 0) is 37.3 Å². The van der Waals surface area contributed by atoms with Crippen LogP contribution in [0.25, 0.3) is 5.65 Å². The minimum Gasteiger partial charge on any atom is -0.337 e. The van der Waals surface area contributed by atoms with Gasteiger partial charge in [0, 0.05) is 37.8 Å². The van der Waals surface area contributed by atoms with Gasteiger partial charge in [-0.1, -0.05) is 6.07 Å². The van der Waals surface area contributed by atoms with Crippen molar-refractivity contribution in [2.45, 2.75) is 31.7 Å². The van der Waals surface area contributed by atoms with Crippen LogP contribution in [0.15, 0.2) is 24.7 Å². The average molecular weight is 299 g/mol. The summed E-state index contributed by atoms with van der Waals surface area (Å²) >= 11 is 0. The lowest BCUT2D eigenvalue weighted by Crippen LogP contribution is -2.49. The number of hydrogen-bond donors (Lipinski definition) is 1. The number of rotatable bonds is 4. The summed E-state index contributed by atoms with van der Waals surface area (Å²) in [6, 6.07) is 4.53. The molecule has 2 aliphatic heterocycles. The molecule has 1 amide bonds. The van der Waals surface area contributed by atoms with Crippen molar-refractivity contribution in [1.82, 2.24) is 24.8 Å². The SMILES string of the molecule is O=C1[C@@H](CCCc2cccn3ncnc23)C[C@H]2CNCCN12. The molecule has 0 aromatic carbocycles. The van der Waals surface area contributed by atoms with Crippen LogP contribution in [0.3, 0.4) is 0 Å². The van der Waals surface area contributed by atoms with Gasteiger partial charge in [0.15, 0.2) is 5.65 Å². The highest BCUT2D eigenvalue weighted by atomic mass is 16.2. The first-order chi connectivity index (χ1) is 10.8. The van der Waals surface area contributed by atoms with Crippen LogP contribution in [-0.2, 0) is 11.2 Å². The number of hydrogen-bond acceptors (Lipinski definition) is 4. The Morgan fingerprint density at radius 3 is 3.27 bits per heavy atom. The third-order valence-electron chi connectivity index (χ3n) is 4.92. The molecule has 0 spiro atoms.